The van der Waals surface area contributed by atoms with Crippen LogP contribution in [0.3, 0.4) is 0 Å². The summed E-state index contributed by atoms with van der Waals surface area (Å²) in [6.45, 7) is 1.24. The number of carbonyl (C=O) groups is 1. The van der Waals surface area contributed by atoms with E-state index in [4.69, 9.17) is 9.47 Å². The van der Waals surface area contributed by atoms with Crippen LogP contribution in [0.5, 0.6) is 11.5 Å². The Morgan fingerprint density at radius 2 is 1.73 bits per heavy atom. The molecule has 0 spiro atoms. The number of ether oxygens (including phenoxy) is 2. The summed E-state index contributed by atoms with van der Waals surface area (Å²) < 4.78 is 11.1. The number of nitrogens with one attached hydrogen (secondary N) is 1. The van der Waals surface area contributed by atoms with Gasteiger partial charge in [-0.15, -0.1) is 0 Å². The average molecular weight is 409 g/mol. The standard InChI is InChI=1S/C25H32N2O3/c1-29-22-15-19-13-14-27(17-24(28)26-20-11-7-4-8-12-20)25(18-9-5-3-6-10-18)21(19)16-23(22)30-2/h3,5-6,9-10,15-16,20,25H,4,7-8,11-14,17H2,1-2H3,(H,26,28)/t25-/m0/s1. The van der Waals surface area contributed by atoms with Crippen molar-refractivity contribution < 1.29 is 14.3 Å². The van der Waals surface area contributed by atoms with E-state index in [2.05, 4.69) is 46.6 Å². The molecule has 0 aromatic heterocycles. The molecule has 5 heteroatoms. The lowest BCUT2D eigenvalue weighted by Crippen LogP contribution is -2.46. The van der Waals surface area contributed by atoms with E-state index in [-0.39, 0.29) is 11.9 Å². The van der Waals surface area contributed by atoms with Crippen LogP contribution in [0.4, 0.5) is 0 Å². The van der Waals surface area contributed by atoms with Gasteiger partial charge in [0, 0.05) is 12.6 Å². The number of rotatable bonds is 6. The van der Waals surface area contributed by atoms with E-state index < -0.39 is 0 Å². The van der Waals surface area contributed by atoms with E-state index in [1.807, 2.05) is 6.07 Å². The molecule has 1 N–H and O–H groups in total. The minimum absolute atomic E-state index is 0.0202. The minimum atomic E-state index is 0.0202. The van der Waals surface area contributed by atoms with Crippen molar-refractivity contribution in [2.75, 3.05) is 27.3 Å². The highest BCUT2D eigenvalue weighted by Crippen LogP contribution is 2.40. The van der Waals surface area contributed by atoms with Crippen LogP contribution >= 0.6 is 0 Å². The summed E-state index contributed by atoms with van der Waals surface area (Å²) in [5, 5.41) is 3.28. The highest BCUT2D eigenvalue weighted by Gasteiger charge is 2.32. The molecule has 1 amide bonds. The van der Waals surface area contributed by atoms with Crippen molar-refractivity contribution in [3.05, 3.63) is 59.2 Å². The van der Waals surface area contributed by atoms with Crippen molar-refractivity contribution in [3.8, 4) is 11.5 Å². The van der Waals surface area contributed by atoms with E-state index in [0.29, 0.717) is 12.6 Å². The maximum absolute atomic E-state index is 12.9. The maximum atomic E-state index is 12.9. The molecule has 0 bridgehead atoms. The van der Waals surface area contributed by atoms with Crippen LogP contribution in [0.25, 0.3) is 0 Å². The predicted octanol–water partition coefficient (Wildman–Crippen LogP) is 4.10. The van der Waals surface area contributed by atoms with Crippen LogP contribution in [-0.2, 0) is 11.2 Å². The third-order valence-corrected chi connectivity index (χ3v) is 6.41. The van der Waals surface area contributed by atoms with E-state index >= 15 is 0 Å². The quantitative estimate of drug-likeness (QED) is 0.782. The summed E-state index contributed by atoms with van der Waals surface area (Å²) in [5.74, 6) is 1.61. The molecule has 1 aliphatic carbocycles. The Hall–Kier alpha value is -2.53. The number of hydrogen-bond donors (Lipinski definition) is 1. The van der Waals surface area contributed by atoms with Gasteiger partial charge in [-0.1, -0.05) is 49.6 Å². The van der Waals surface area contributed by atoms with E-state index in [1.54, 1.807) is 14.2 Å². The summed E-state index contributed by atoms with van der Waals surface area (Å²) in [6, 6.07) is 15.0. The van der Waals surface area contributed by atoms with Gasteiger partial charge in [-0.05, 0) is 48.1 Å². The number of nitrogens with zero attached hydrogens (tertiary/aromatic N) is 1. The van der Waals surface area contributed by atoms with Gasteiger partial charge in [-0.3, -0.25) is 9.69 Å². The molecule has 2 aliphatic rings. The van der Waals surface area contributed by atoms with Crippen molar-refractivity contribution in [3.63, 3.8) is 0 Å². The van der Waals surface area contributed by atoms with E-state index in [1.165, 1.54) is 36.0 Å². The van der Waals surface area contributed by atoms with Gasteiger partial charge in [-0.2, -0.15) is 0 Å². The lowest BCUT2D eigenvalue weighted by Gasteiger charge is -2.38. The maximum Gasteiger partial charge on any atom is 0.234 e. The molecule has 160 valence electrons. The first-order chi connectivity index (χ1) is 14.7. The fourth-order valence-corrected chi connectivity index (χ4v) is 4.90. The Morgan fingerprint density at radius 1 is 1.03 bits per heavy atom. The number of benzene rings is 2. The van der Waals surface area contributed by atoms with Gasteiger partial charge in [0.2, 0.25) is 5.91 Å². The third-order valence-electron chi connectivity index (χ3n) is 6.41. The molecule has 1 aliphatic heterocycles. The minimum Gasteiger partial charge on any atom is -0.493 e. The molecular weight excluding hydrogens is 376 g/mol. The molecular formula is C25H32N2O3. The number of carbonyl (C=O) groups excluding carboxylic acids is 1. The van der Waals surface area contributed by atoms with Crippen LogP contribution in [0, 0.1) is 0 Å². The van der Waals surface area contributed by atoms with Crippen molar-refractivity contribution in [2.24, 2.45) is 0 Å². The second-order valence-electron chi connectivity index (χ2n) is 8.34. The van der Waals surface area contributed by atoms with Crippen LogP contribution in [-0.4, -0.2) is 44.2 Å². The second kappa shape index (κ2) is 9.52. The van der Waals surface area contributed by atoms with Crippen LogP contribution < -0.4 is 14.8 Å². The molecule has 1 heterocycles. The number of methoxy groups -OCH3 is 2. The lowest BCUT2D eigenvalue weighted by molar-refractivity contribution is -0.123. The highest BCUT2D eigenvalue weighted by molar-refractivity contribution is 5.78. The van der Waals surface area contributed by atoms with Gasteiger partial charge < -0.3 is 14.8 Å². The number of amides is 1. The van der Waals surface area contributed by atoms with E-state index in [0.717, 1.165) is 37.3 Å². The van der Waals surface area contributed by atoms with Gasteiger partial charge in [-0.25, -0.2) is 0 Å². The molecule has 2 aromatic carbocycles. The molecule has 30 heavy (non-hydrogen) atoms. The normalized spacial score (nSPS) is 19.7. The summed E-state index contributed by atoms with van der Waals surface area (Å²) in [6.07, 6.45) is 6.82. The first kappa shape index (κ1) is 20.7. The second-order valence-corrected chi connectivity index (χ2v) is 8.34. The average Bonchev–Trinajstić information content (AvgIpc) is 2.79. The first-order valence-corrected chi connectivity index (χ1v) is 11.0. The Bertz CT molecular complexity index is 862. The predicted molar refractivity (Wildman–Crippen MR) is 118 cm³/mol. The highest BCUT2D eigenvalue weighted by atomic mass is 16.5. The van der Waals surface area contributed by atoms with Crippen LogP contribution in [0.15, 0.2) is 42.5 Å². The SMILES string of the molecule is COc1cc2c(cc1OC)[C@H](c1ccccc1)N(CC(=O)NC1CCCCC1)CC2. The zero-order valence-corrected chi connectivity index (χ0v) is 18.0. The monoisotopic (exact) mass is 408 g/mol. The van der Waals surface area contributed by atoms with Crippen LogP contribution in [0.1, 0.15) is 54.8 Å². The molecule has 0 saturated heterocycles. The Morgan fingerprint density at radius 3 is 2.43 bits per heavy atom. The van der Waals surface area contributed by atoms with Crippen molar-refractivity contribution in [1.82, 2.24) is 10.2 Å². The van der Waals surface area contributed by atoms with Gasteiger partial charge in [0.25, 0.3) is 0 Å². The fourth-order valence-electron chi connectivity index (χ4n) is 4.90. The molecule has 4 rings (SSSR count). The molecule has 5 nitrogen and oxygen atoms in total. The Labute approximate surface area is 179 Å². The Kier molecular flexibility index (Phi) is 6.58. The van der Waals surface area contributed by atoms with Crippen LogP contribution in [0.2, 0.25) is 0 Å². The summed E-state index contributed by atoms with van der Waals surface area (Å²) >= 11 is 0. The molecule has 0 radical (unpaired) electrons. The van der Waals surface area contributed by atoms with Gasteiger partial charge in [0.15, 0.2) is 11.5 Å². The number of fused-ring (bicyclic) bond motifs is 1. The fraction of sp³-hybridized carbons (Fsp3) is 0.480. The summed E-state index contributed by atoms with van der Waals surface area (Å²) in [5.41, 5.74) is 3.64. The third kappa shape index (κ3) is 4.46. The molecule has 2 aromatic rings. The summed E-state index contributed by atoms with van der Waals surface area (Å²) in [4.78, 5) is 15.2. The summed E-state index contributed by atoms with van der Waals surface area (Å²) in [7, 11) is 3.34. The number of hydrogen-bond acceptors (Lipinski definition) is 4. The molecule has 0 unspecified atom stereocenters. The van der Waals surface area contributed by atoms with Crippen molar-refractivity contribution in [1.29, 1.82) is 0 Å². The van der Waals surface area contributed by atoms with Gasteiger partial charge >= 0.3 is 0 Å². The van der Waals surface area contributed by atoms with Crippen molar-refractivity contribution in [2.45, 2.75) is 50.6 Å². The van der Waals surface area contributed by atoms with Crippen molar-refractivity contribution >= 4 is 5.91 Å². The zero-order valence-electron chi connectivity index (χ0n) is 18.0. The molecule has 1 atom stereocenters. The van der Waals surface area contributed by atoms with Gasteiger partial charge in [0.1, 0.15) is 0 Å². The smallest absolute Gasteiger partial charge is 0.234 e. The van der Waals surface area contributed by atoms with Gasteiger partial charge in [0.05, 0.1) is 26.8 Å². The first-order valence-electron chi connectivity index (χ1n) is 11.0. The molecule has 1 saturated carbocycles. The zero-order chi connectivity index (χ0) is 20.9. The Balaban J connectivity index is 1.61. The largest absolute Gasteiger partial charge is 0.493 e. The van der Waals surface area contributed by atoms with E-state index in [9.17, 15) is 4.79 Å². The molecule has 1 fully saturated rings. The lowest BCUT2D eigenvalue weighted by atomic mass is 9.87. The topological polar surface area (TPSA) is 50.8 Å².